The van der Waals surface area contributed by atoms with E-state index in [0.29, 0.717) is 34.9 Å². The van der Waals surface area contributed by atoms with Crippen molar-refractivity contribution < 1.29 is 24.2 Å². The lowest BCUT2D eigenvalue weighted by atomic mass is 10.0. The second-order valence-electron chi connectivity index (χ2n) is 8.29. The zero-order chi connectivity index (χ0) is 26.9. The van der Waals surface area contributed by atoms with Crippen molar-refractivity contribution in [3.63, 3.8) is 0 Å². The van der Waals surface area contributed by atoms with E-state index in [2.05, 4.69) is 16.7 Å². The minimum absolute atomic E-state index is 0.0276. The summed E-state index contributed by atoms with van der Waals surface area (Å²) in [7, 11) is 1.51. The topological polar surface area (TPSA) is 121 Å². The highest BCUT2D eigenvalue weighted by molar-refractivity contribution is 6.03. The minimum atomic E-state index is -1.15. The van der Waals surface area contributed by atoms with Crippen molar-refractivity contribution in [2.24, 2.45) is 0 Å². The number of aromatic carboxylic acids is 1. The van der Waals surface area contributed by atoms with Crippen LogP contribution in [0.2, 0.25) is 0 Å². The van der Waals surface area contributed by atoms with Gasteiger partial charge in [0.05, 0.1) is 30.0 Å². The summed E-state index contributed by atoms with van der Waals surface area (Å²) in [6, 6.07) is 28.8. The Bertz CT molecular complexity index is 1460. The Balaban J connectivity index is 1.64. The van der Waals surface area contributed by atoms with Gasteiger partial charge in [0.1, 0.15) is 12.6 Å². The number of nitrogens with one attached hydrogen (secondary N) is 2. The molecule has 0 spiro atoms. The molecule has 0 fully saturated rings. The number of nitriles is 1. The Morgan fingerprint density at radius 3 is 2.32 bits per heavy atom. The van der Waals surface area contributed by atoms with Crippen LogP contribution in [0.4, 0.5) is 11.4 Å². The third-order valence-electron chi connectivity index (χ3n) is 5.76. The van der Waals surface area contributed by atoms with E-state index in [4.69, 9.17) is 14.7 Å². The Kier molecular flexibility index (Phi) is 8.21. The molecule has 0 heterocycles. The molecule has 8 nitrogen and oxygen atoms in total. The molecular weight excluding hydrogens is 482 g/mol. The van der Waals surface area contributed by atoms with Crippen LogP contribution in [-0.4, -0.2) is 24.1 Å². The van der Waals surface area contributed by atoms with Gasteiger partial charge in [-0.3, -0.25) is 4.79 Å². The molecule has 0 saturated heterocycles. The fourth-order valence-corrected chi connectivity index (χ4v) is 3.81. The van der Waals surface area contributed by atoms with Gasteiger partial charge in [0.2, 0.25) is 0 Å². The summed E-state index contributed by atoms with van der Waals surface area (Å²) < 4.78 is 11.5. The molecular formula is C30H25N3O5. The maximum atomic E-state index is 13.5. The van der Waals surface area contributed by atoms with Gasteiger partial charge >= 0.3 is 5.97 Å². The molecule has 0 bridgehead atoms. The van der Waals surface area contributed by atoms with Crippen LogP contribution in [0, 0.1) is 11.3 Å². The predicted molar refractivity (Wildman–Crippen MR) is 143 cm³/mol. The summed E-state index contributed by atoms with van der Waals surface area (Å²) in [5, 5.41) is 24.5. The van der Waals surface area contributed by atoms with E-state index in [9.17, 15) is 14.7 Å². The molecule has 8 heteroatoms. The molecule has 1 atom stereocenters. The first kappa shape index (κ1) is 25.8. The van der Waals surface area contributed by atoms with Gasteiger partial charge in [0.15, 0.2) is 11.5 Å². The number of hydrogen-bond acceptors (Lipinski definition) is 6. The van der Waals surface area contributed by atoms with Crippen molar-refractivity contribution in [1.29, 1.82) is 5.26 Å². The lowest BCUT2D eigenvalue weighted by Crippen LogP contribution is -2.28. The highest BCUT2D eigenvalue weighted by Gasteiger charge is 2.24. The Hall–Kier alpha value is -5.29. The number of amides is 1. The maximum absolute atomic E-state index is 13.5. The molecule has 0 aromatic heterocycles. The summed E-state index contributed by atoms with van der Waals surface area (Å²) in [6.45, 7) is 0.343. The second-order valence-corrected chi connectivity index (χ2v) is 8.29. The van der Waals surface area contributed by atoms with Gasteiger partial charge in [0, 0.05) is 5.69 Å². The second kappa shape index (κ2) is 12.1. The zero-order valence-corrected chi connectivity index (χ0v) is 20.5. The van der Waals surface area contributed by atoms with Gasteiger partial charge in [-0.05, 0) is 59.7 Å². The molecule has 4 rings (SSSR count). The van der Waals surface area contributed by atoms with Crippen molar-refractivity contribution in [3.8, 4) is 17.6 Å². The number of carbonyl (C=O) groups is 2. The molecule has 1 amide bonds. The van der Waals surface area contributed by atoms with Crippen LogP contribution in [0.25, 0.3) is 0 Å². The third-order valence-corrected chi connectivity index (χ3v) is 5.76. The molecule has 4 aromatic carbocycles. The summed E-state index contributed by atoms with van der Waals surface area (Å²) in [6.07, 6.45) is 0. The molecule has 4 aromatic rings. The fourth-order valence-electron chi connectivity index (χ4n) is 3.81. The lowest BCUT2D eigenvalue weighted by Gasteiger charge is -2.22. The number of benzene rings is 4. The highest BCUT2D eigenvalue weighted by atomic mass is 16.5. The van der Waals surface area contributed by atoms with Crippen LogP contribution >= 0.6 is 0 Å². The number of carboxylic acid groups (broad SMARTS) is 1. The number of carbonyl (C=O) groups excluding carboxylic acids is 1. The van der Waals surface area contributed by atoms with Gasteiger partial charge < -0.3 is 25.2 Å². The molecule has 0 radical (unpaired) electrons. The van der Waals surface area contributed by atoms with Gasteiger partial charge in [-0.1, -0.05) is 48.5 Å². The van der Waals surface area contributed by atoms with Crippen LogP contribution in [-0.2, 0) is 11.4 Å². The SMILES string of the molecule is COc1cc(C(Nc2ccc(C#N)cc2)C(=O)Nc2ccccc2C(=O)O)ccc1OCc1ccccc1. The first-order valence-corrected chi connectivity index (χ1v) is 11.7. The van der Waals surface area contributed by atoms with Gasteiger partial charge in [-0.25, -0.2) is 4.79 Å². The summed E-state index contributed by atoms with van der Waals surface area (Å²) in [5.74, 6) is -0.695. The monoisotopic (exact) mass is 507 g/mol. The van der Waals surface area contributed by atoms with Crippen LogP contribution < -0.4 is 20.1 Å². The molecule has 0 aliphatic carbocycles. The summed E-state index contributed by atoms with van der Waals surface area (Å²) in [5.41, 5.74) is 2.78. The average Bonchev–Trinajstić information content (AvgIpc) is 2.95. The normalized spacial score (nSPS) is 11.1. The number of methoxy groups -OCH3 is 1. The largest absolute Gasteiger partial charge is 0.493 e. The van der Waals surface area contributed by atoms with Crippen LogP contribution in [0.5, 0.6) is 11.5 Å². The fraction of sp³-hybridized carbons (Fsp3) is 0.100. The number of nitrogens with zero attached hydrogens (tertiary/aromatic N) is 1. The first-order valence-electron chi connectivity index (χ1n) is 11.7. The van der Waals surface area contributed by atoms with E-state index >= 15 is 0 Å². The Morgan fingerprint density at radius 2 is 1.63 bits per heavy atom. The predicted octanol–water partition coefficient (Wildman–Crippen LogP) is 5.64. The smallest absolute Gasteiger partial charge is 0.337 e. The number of hydrogen-bond donors (Lipinski definition) is 3. The molecule has 0 aliphatic rings. The van der Waals surface area contributed by atoms with Crippen LogP contribution in [0.3, 0.4) is 0 Å². The summed E-state index contributed by atoms with van der Waals surface area (Å²) in [4.78, 5) is 25.2. The average molecular weight is 508 g/mol. The molecule has 1 unspecified atom stereocenters. The van der Waals surface area contributed by atoms with E-state index in [1.54, 1.807) is 54.6 Å². The van der Waals surface area contributed by atoms with Crippen LogP contribution in [0.1, 0.15) is 33.1 Å². The lowest BCUT2D eigenvalue weighted by molar-refractivity contribution is -0.117. The number of carboxylic acids is 1. The van der Waals surface area contributed by atoms with Crippen LogP contribution in [0.15, 0.2) is 97.1 Å². The first-order chi connectivity index (χ1) is 18.5. The van der Waals surface area contributed by atoms with Crippen molar-refractivity contribution >= 4 is 23.3 Å². The quantitative estimate of drug-likeness (QED) is 0.254. The van der Waals surface area contributed by atoms with E-state index < -0.39 is 17.9 Å². The highest BCUT2D eigenvalue weighted by Crippen LogP contribution is 2.33. The maximum Gasteiger partial charge on any atom is 0.337 e. The number of anilines is 2. The molecule has 0 aliphatic heterocycles. The molecule has 3 N–H and O–H groups in total. The Morgan fingerprint density at radius 1 is 0.921 bits per heavy atom. The molecule has 0 saturated carbocycles. The van der Waals surface area contributed by atoms with E-state index in [1.165, 1.54) is 19.2 Å². The van der Waals surface area contributed by atoms with Gasteiger partial charge in [0.25, 0.3) is 5.91 Å². The standard InChI is InChI=1S/C30H25N3O5/c1-37-27-17-22(13-16-26(27)38-19-21-7-3-2-4-8-21)28(32-23-14-11-20(18-31)12-15-23)29(34)33-25-10-6-5-9-24(25)30(35)36/h2-17,28,32H,19H2,1H3,(H,33,34)(H,35,36). The Labute approximate surface area is 220 Å². The minimum Gasteiger partial charge on any atom is -0.493 e. The van der Waals surface area contributed by atoms with E-state index in [1.807, 2.05) is 30.3 Å². The molecule has 190 valence electrons. The summed E-state index contributed by atoms with van der Waals surface area (Å²) >= 11 is 0. The van der Waals surface area contributed by atoms with Crippen molar-refractivity contribution in [2.75, 3.05) is 17.7 Å². The van der Waals surface area contributed by atoms with Crippen molar-refractivity contribution in [3.05, 3.63) is 119 Å². The van der Waals surface area contributed by atoms with E-state index in [-0.39, 0.29) is 11.3 Å². The van der Waals surface area contributed by atoms with Crippen molar-refractivity contribution in [1.82, 2.24) is 0 Å². The third kappa shape index (κ3) is 6.28. The number of rotatable bonds is 10. The van der Waals surface area contributed by atoms with E-state index in [0.717, 1.165) is 5.56 Å². The van der Waals surface area contributed by atoms with Crippen molar-refractivity contribution in [2.45, 2.75) is 12.6 Å². The number of ether oxygens (including phenoxy) is 2. The van der Waals surface area contributed by atoms with Gasteiger partial charge in [-0.2, -0.15) is 5.26 Å². The zero-order valence-electron chi connectivity index (χ0n) is 20.5. The molecule has 38 heavy (non-hydrogen) atoms. The van der Waals surface area contributed by atoms with Gasteiger partial charge in [-0.15, -0.1) is 0 Å². The number of para-hydroxylation sites is 1.